The first-order valence-corrected chi connectivity index (χ1v) is 13.9. The molecule has 198 valence electrons. The molecule has 3 atom stereocenters. The fraction of sp³-hybridized carbons (Fsp3) is 0.182. The molecule has 40 heavy (non-hydrogen) atoms. The molecule has 1 aromatic heterocycles. The molecule has 3 aliphatic rings. The van der Waals surface area contributed by atoms with Crippen molar-refractivity contribution >= 4 is 40.4 Å². The van der Waals surface area contributed by atoms with Crippen LogP contribution in [0.25, 0.3) is 6.08 Å². The molecule has 3 heterocycles. The number of anilines is 1. The lowest BCUT2D eigenvalue weighted by Crippen LogP contribution is -2.48. The molecule has 4 aromatic rings. The van der Waals surface area contributed by atoms with Gasteiger partial charge in [0.1, 0.15) is 11.5 Å². The quantitative estimate of drug-likeness (QED) is 0.223. The van der Waals surface area contributed by atoms with Gasteiger partial charge in [-0.15, -0.1) is 11.3 Å². The summed E-state index contributed by atoms with van der Waals surface area (Å²) >= 11 is 1.35. The summed E-state index contributed by atoms with van der Waals surface area (Å²) in [7, 11) is 3.08. The number of methoxy groups -OCH3 is 2. The minimum absolute atomic E-state index is 0.145. The van der Waals surface area contributed by atoms with Gasteiger partial charge in [-0.3, -0.25) is 14.4 Å². The first kappa shape index (κ1) is 24.5. The molecule has 1 aliphatic carbocycles. The lowest BCUT2D eigenvalue weighted by atomic mass is 9.64. The van der Waals surface area contributed by atoms with Gasteiger partial charge < -0.3 is 14.4 Å². The van der Waals surface area contributed by atoms with Gasteiger partial charge in [0.25, 0.3) is 0 Å². The van der Waals surface area contributed by atoms with Crippen LogP contribution in [0.15, 0.2) is 90.3 Å². The summed E-state index contributed by atoms with van der Waals surface area (Å²) in [4.78, 5) is 46.6. The molecule has 0 amide bonds. The van der Waals surface area contributed by atoms with E-state index in [4.69, 9.17) is 9.47 Å². The third-order valence-corrected chi connectivity index (χ3v) is 9.40. The van der Waals surface area contributed by atoms with Crippen LogP contribution in [0.1, 0.15) is 47.4 Å². The van der Waals surface area contributed by atoms with E-state index in [1.807, 2.05) is 64.9 Å². The third-order valence-electron chi connectivity index (χ3n) is 8.51. The van der Waals surface area contributed by atoms with Crippen LogP contribution in [0.2, 0.25) is 0 Å². The van der Waals surface area contributed by atoms with Crippen LogP contribution in [-0.2, 0) is 0 Å². The second-order valence-electron chi connectivity index (χ2n) is 10.2. The Morgan fingerprint density at radius 3 is 2.25 bits per heavy atom. The summed E-state index contributed by atoms with van der Waals surface area (Å²) in [5.74, 6) is -0.679. The summed E-state index contributed by atoms with van der Waals surface area (Å²) in [6, 6.07) is 22.3. The molecule has 7 heteroatoms. The molecule has 0 unspecified atom stereocenters. The van der Waals surface area contributed by atoms with Gasteiger partial charge >= 0.3 is 0 Å². The predicted molar refractivity (Wildman–Crippen MR) is 154 cm³/mol. The Morgan fingerprint density at radius 1 is 0.850 bits per heavy atom. The summed E-state index contributed by atoms with van der Waals surface area (Å²) in [5, 5.41) is 1.86. The number of fused-ring (bicyclic) bond motifs is 5. The minimum atomic E-state index is -1.59. The van der Waals surface area contributed by atoms with Crippen LogP contribution in [-0.4, -0.2) is 43.7 Å². The zero-order chi connectivity index (χ0) is 27.6. The number of benzene rings is 3. The molecule has 1 saturated heterocycles. The van der Waals surface area contributed by atoms with Crippen LogP contribution < -0.4 is 14.4 Å². The Morgan fingerprint density at radius 2 is 1.57 bits per heavy atom. The van der Waals surface area contributed by atoms with Crippen molar-refractivity contribution in [2.24, 2.45) is 5.41 Å². The fourth-order valence-electron chi connectivity index (χ4n) is 6.98. The molecule has 0 N–H and O–H groups in total. The molecular formula is C33H25NO5S. The fourth-order valence-corrected chi connectivity index (χ4v) is 7.68. The zero-order valence-corrected chi connectivity index (χ0v) is 22.7. The van der Waals surface area contributed by atoms with E-state index in [0.29, 0.717) is 33.1 Å². The largest absolute Gasteiger partial charge is 0.493 e. The number of para-hydroxylation sites is 2. The highest BCUT2D eigenvalue weighted by Crippen LogP contribution is 2.62. The van der Waals surface area contributed by atoms with Crippen molar-refractivity contribution in [2.45, 2.75) is 18.0 Å². The molecule has 1 fully saturated rings. The highest BCUT2D eigenvalue weighted by molar-refractivity contribution is 7.12. The smallest absolute Gasteiger partial charge is 0.195 e. The van der Waals surface area contributed by atoms with Crippen LogP contribution in [0.5, 0.6) is 11.5 Å². The number of carbonyl (C=O) groups excluding carboxylic acids is 3. The van der Waals surface area contributed by atoms with Crippen molar-refractivity contribution < 1.29 is 23.9 Å². The van der Waals surface area contributed by atoms with Crippen molar-refractivity contribution in [3.05, 3.63) is 117 Å². The maximum atomic E-state index is 14.7. The van der Waals surface area contributed by atoms with Crippen molar-refractivity contribution in [2.75, 3.05) is 19.1 Å². The van der Waals surface area contributed by atoms with E-state index >= 15 is 0 Å². The highest BCUT2D eigenvalue weighted by Gasteiger charge is 2.72. The number of ether oxygens (including phenoxy) is 2. The first-order valence-electron chi connectivity index (χ1n) is 13.1. The van der Waals surface area contributed by atoms with E-state index in [2.05, 4.69) is 0 Å². The predicted octanol–water partition coefficient (Wildman–Crippen LogP) is 6.08. The second-order valence-corrected chi connectivity index (χ2v) is 11.1. The average Bonchev–Trinajstić information content (AvgIpc) is 3.70. The van der Waals surface area contributed by atoms with Gasteiger partial charge in [0.15, 0.2) is 28.8 Å². The van der Waals surface area contributed by atoms with E-state index in [0.717, 1.165) is 11.3 Å². The average molecular weight is 548 g/mol. The van der Waals surface area contributed by atoms with Crippen LogP contribution >= 0.6 is 11.3 Å². The number of Topliss-reactive ketones (excluding diaryl/α,β-unsaturated/α-hetero) is 3. The van der Waals surface area contributed by atoms with Gasteiger partial charge in [-0.05, 0) is 29.1 Å². The SMILES string of the molecule is COc1cccc([C@@H]2[C@H](C(=O)c3cccs3)N3c4ccccc4C=C[C@H]3C23C(=O)c2ccccc2C3=O)c1OC. The topological polar surface area (TPSA) is 72.9 Å². The Balaban J connectivity index is 1.59. The van der Waals surface area contributed by atoms with E-state index in [1.54, 1.807) is 43.5 Å². The number of nitrogens with zero attached hydrogens (tertiary/aromatic N) is 1. The summed E-state index contributed by atoms with van der Waals surface area (Å²) in [6.45, 7) is 0. The standard InChI is InChI=1S/C33H25NO5S/c1-38-24-14-7-12-22(30(24)39-2)27-28(29(35)25-15-8-18-40-25)34-23-13-6-3-9-19(23)16-17-26(34)33(27)31(36)20-10-4-5-11-21(20)32(33)37/h3-18,26-28H,1-2H3/t26-,27+,28+/m0/s1. The molecule has 0 radical (unpaired) electrons. The van der Waals surface area contributed by atoms with Crippen LogP contribution in [0, 0.1) is 5.41 Å². The monoisotopic (exact) mass is 547 g/mol. The molecule has 2 aliphatic heterocycles. The van der Waals surface area contributed by atoms with E-state index in [1.165, 1.54) is 18.4 Å². The number of hydrogen-bond donors (Lipinski definition) is 0. The van der Waals surface area contributed by atoms with Gasteiger partial charge in [-0.2, -0.15) is 0 Å². The van der Waals surface area contributed by atoms with Crippen molar-refractivity contribution in [1.82, 2.24) is 0 Å². The Kier molecular flexibility index (Phi) is 5.54. The van der Waals surface area contributed by atoms with Gasteiger partial charge in [0.2, 0.25) is 0 Å². The number of rotatable bonds is 5. The Labute approximate surface area is 235 Å². The Hall–Kier alpha value is -4.49. The van der Waals surface area contributed by atoms with Crippen molar-refractivity contribution in [3.63, 3.8) is 0 Å². The van der Waals surface area contributed by atoms with Gasteiger partial charge in [0, 0.05) is 28.3 Å². The van der Waals surface area contributed by atoms with Crippen LogP contribution in [0.4, 0.5) is 5.69 Å². The minimum Gasteiger partial charge on any atom is -0.493 e. The lowest BCUT2D eigenvalue weighted by Gasteiger charge is -2.37. The van der Waals surface area contributed by atoms with Gasteiger partial charge in [0.05, 0.1) is 25.1 Å². The molecule has 3 aromatic carbocycles. The number of carbonyl (C=O) groups is 3. The Bertz CT molecular complexity index is 1690. The number of hydrogen-bond acceptors (Lipinski definition) is 7. The molecule has 1 spiro atoms. The third kappa shape index (κ3) is 3.06. The van der Waals surface area contributed by atoms with Crippen molar-refractivity contribution in [1.29, 1.82) is 0 Å². The van der Waals surface area contributed by atoms with Gasteiger partial charge in [-0.1, -0.05) is 72.8 Å². The summed E-state index contributed by atoms with van der Waals surface area (Å²) < 4.78 is 11.5. The molecule has 0 bridgehead atoms. The zero-order valence-electron chi connectivity index (χ0n) is 21.9. The van der Waals surface area contributed by atoms with E-state index in [-0.39, 0.29) is 17.3 Å². The first-order chi connectivity index (χ1) is 19.5. The van der Waals surface area contributed by atoms with Crippen LogP contribution in [0.3, 0.4) is 0 Å². The normalized spacial score (nSPS) is 21.8. The maximum absolute atomic E-state index is 14.7. The number of ketones is 3. The highest BCUT2D eigenvalue weighted by atomic mass is 32.1. The van der Waals surface area contributed by atoms with E-state index in [9.17, 15) is 14.4 Å². The molecule has 6 nitrogen and oxygen atoms in total. The maximum Gasteiger partial charge on any atom is 0.195 e. The molecule has 7 rings (SSSR count). The lowest BCUT2D eigenvalue weighted by molar-refractivity contribution is 0.0664. The number of thiophene rings is 1. The van der Waals surface area contributed by atoms with E-state index < -0.39 is 23.4 Å². The molecular weight excluding hydrogens is 522 g/mol. The second kappa shape index (κ2) is 9.03. The summed E-state index contributed by atoms with van der Waals surface area (Å²) in [5.41, 5.74) is 1.50. The summed E-state index contributed by atoms with van der Waals surface area (Å²) in [6.07, 6.45) is 3.88. The van der Waals surface area contributed by atoms with Crippen molar-refractivity contribution in [3.8, 4) is 11.5 Å². The molecule has 0 saturated carbocycles. The van der Waals surface area contributed by atoms with Gasteiger partial charge in [-0.25, -0.2) is 0 Å².